The molecule has 2 rings (SSSR count). The van der Waals surface area contributed by atoms with Gasteiger partial charge in [0.1, 0.15) is 0 Å². The molecule has 0 aromatic carbocycles. The third-order valence-corrected chi connectivity index (χ3v) is 4.68. The Labute approximate surface area is 116 Å². The predicted octanol–water partition coefficient (Wildman–Crippen LogP) is 2.88. The molecule has 2 N–H and O–H groups in total. The van der Waals surface area contributed by atoms with Gasteiger partial charge in [0.05, 0.1) is 17.5 Å². The Kier molecular flexibility index (Phi) is 3.94. The predicted molar refractivity (Wildman–Crippen MR) is 74.7 cm³/mol. The van der Waals surface area contributed by atoms with Crippen LogP contribution < -0.4 is 5.32 Å². The molecular formula is C14H19NO3S. The number of carbonyl (C=O) groups excluding carboxylic acids is 1. The molecule has 1 aromatic rings. The number of hydrogen-bond acceptors (Lipinski definition) is 3. The quantitative estimate of drug-likeness (QED) is 0.891. The Morgan fingerprint density at radius 1 is 1.37 bits per heavy atom. The molecule has 1 heterocycles. The van der Waals surface area contributed by atoms with Crippen molar-refractivity contribution in [3.63, 3.8) is 0 Å². The Morgan fingerprint density at radius 3 is 2.47 bits per heavy atom. The molecular weight excluding hydrogens is 262 g/mol. The Bertz CT molecular complexity index is 501. The van der Waals surface area contributed by atoms with Crippen molar-refractivity contribution >= 4 is 23.2 Å². The van der Waals surface area contributed by atoms with Gasteiger partial charge in [-0.2, -0.15) is 0 Å². The first-order valence-electron chi connectivity index (χ1n) is 6.53. The van der Waals surface area contributed by atoms with Crippen LogP contribution in [0.25, 0.3) is 0 Å². The summed E-state index contributed by atoms with van der Waals surface area (Å²) < 4.78 is 0. The SMILES string of the molecule is Cc1cc(C(=O)NC2(CC(=O)O)CCCC2)c(C)s1. The van der Waals surface area contributed by atoms with Crippen molar-refractivity contribution < 1.29 is 14.7 Å². The minimum atomic E-state index is -0.847. The Morgan fingerprint density at radius 2 is 2.00 bits per heavy atom. The number of nitrogens with one attached hydrogen (secondary N) is 1. The zero-order chi connectivity index (χ0) is 14.0. The zero-order valence-electron chi connectivity index (χ0n) is 11.3. The molecule has 0 spiro atoms. The maximum atomic E-state index is 12.3. The molecule has 19 heavy (non-hydrogen) atoms. The molecule has 0 unspecified atom stereocenters. The van der Waals surface area contributed by atoms with Crippen LogP contribution in [0, 0.1) is 13.8 Å². The molecule has 4 nitrogen and oxygen atoms in total. The highest BCUT2D eigenvalue weighted by Gasteiger charge is 2.37. The molecule has 1 amide bonds. The van der Waals surface area contributed by atoms with Crippen LogP contribution in [0.3, 0.4) is 0 Å². The molecule has 0 bridgehead atoms. The van der Waals surface area contributed by atoms with Gasteiger partial charge in [0.2, 0.25) is 0 Å². The number of thiophene rings is 1. The highest BCUT2D eigenvalue weighted by Crippen LogP contribution is 2.33. The lowest BCUT2D eigenvalue weighted by Gasteiger charge is -2.28. The first-order chi connectivity index (χ1) is 8.92. The van der Waals surface area contributed by atoms with Crippen LogP contribution in [-0.4, -0.2) is 22.5 Å². The summed E-state index contributed by atoms with van der Waals surface area (Å²) in [6.07, 6.45) is 3.49. The topological polar surface area (TPSA) is 66.4 Å². The standard InChI is InChI=1S/C14H19NO3S/c1-9-7-11(10(2)19-9)13(18)15-14(8-12(16)17)5-3-4-6-14/h7H,3-6,8H2,1-2H3,(H,15,18)(H,16,17). The van der Waals surface area contributed by atoms with Crippen LogP contribution in [0.15, 0.2) is 6.07 Å². The number of aliphatic carboxylic acids is 1. The van der Waals surface area contributed by atoms with Gasteiger partial charge in [-0.05, 0) is 32.8 Å². The van der Waals surface area contributed by atoms with Gasteiger partial charge in [-0.25, -0.2) is 0 Å². The fraction of sp³-hybridized carbons (Fsp3) is 0.571. The zero-order valence-corrected chi connectivity index (χ0v) is 12.1. The van der Waals surface area contributed by atoms with Gasteiger partial charge < -0.3 is 10.4 Å². The Balaban J connectivity index is 2.15. The fourth-order valence-electron chi connectivity index (χ4n) is 2.85. The second kappa shape index (κ2) is 5.33. The third-order valence-electron chi connectivity index (χ3n) is 3.71. The van der Waals surface area contributed by atoms with E-state index < -0.39 is 11.5 Å². The number of rotatable bonds is 4. The van der Waals surface area contributed by atoms with Gasteiger partial charge in [-0.3, -0.25) is 9.59 Å². The average Bonchev–Trinajstić information content (AvgIpc) is 2.85. The normalized spacial score (nSPS) is 17.4. The maximum absolute atomic E-state index is 12.3. The summed E-state index contributed by atoms with van der Waals surface area (Å²) in [6, 6.07) is 1.87. The number of carbonyl (C=O) groups is 2. The first-order valence-corrected chi connectivity index (χ1v) is 7.35. The molecule has 0 atom stereocenters. The lowest BCUT2D eigenvalue weighted by molar-refractivity contribution is -0.138. The molecule has 5 heteroatoms. The molecule has 0 saturated heterocycles. The number of carboxylic acid groups (broad SMARTS) is 1. The van der Waals surface area contributed by atoms with E-state index in [2.05, 4.69) is 5.32 Å². The number of carboxylic acids is 1. The smallest absolute Gasteiger partial charge is 0.305 e. The lowest BCUT2D eigenvalue weighted by Crippen LogP contribution is -2.47. The summed E-state index contributed by atoms with van der Waals surface area (Å²) >= 11 is 1.59. The van der Waals surface area contributed by atoms with Crippen molar-refractivity contribution in [2.45, 2.75) is 51.5 Å². The maximum Gasteiger partial charge on any atom is 0.305 e. The molecule has 1 aromatic heterocycles. The number of hydrogen-bond donors (Lipinski definition) is 2. The minimum absolute atomic E-state index is 0.0148. The van der Waals surface area contributed by atoms with E-state index in [4.69, 9.17) is 5.11 Å². The first kappa shape index (κ1) is 14.1. The average molecular weight is 281 g/mol. The van der Waals surface area contributed by atoms with Gasteiger partial charge in [0.25, 0.3) is 5.91 Å². The lowest BCUT2D eigenvalue weighted by atomic mass is 9.92. The molecule has 0 aliphatic heterocycles. The van der Waals surface area contributed by atoms with E-state index in [-0.39, 0.29) is 12.3 Å². The van der Waals surface area contributed by atoms with E-state index in [0.717, 1.165) is 35.4 Å². The summed E-state index contributed by atoms with van der Waals surface area (Å²) in [7, 11) is 0. The van der Waals surface area contributed by atoms with Crippen molar-refractivity contribution in [3.05, 3.63) is 21.4 Å². The van der Waals surface area contributed by atoms with Crippen LogP contribution in [0.4, 0.5) is 0 Å². The van der Waals surface area contributed by atoms with E-state index in [1.165, 1.54) is 0 Å². The van der Waals surface area contributed by atoms with Gasteiger partial charge >= 0.3 is 5.97 Å². The van der Waals surface area contributed by atoms with Crippen LogP contribution in [0.1, 0.15) is 52.2 Å². The number of aryl methyl sites for hydroxylation is 2. The van der Waals surface area contributed by atoms with Gasteiger partial charge in [0.15, 0.2) is 0 Å². The summed E-state index contributed by atoms with van der Waals surface area (Å²) in [5, 5.41) is 12.0. The summed E-state index contributed by atoms with van der Waals surface area (Å²) in [5.41, 5.74) is 0.129. The van der Waals surface area contributed by atoms with Gasteiger partial charge in [0, 0.05) is 9.75 Å². The fourth-order valence-corrected chi connectivity index (χ4v) is 3.77. The van der Waals surface area contributed by atoms with E-state index in [0.29, 0.717) is 5.56 Å². The van der Waals surface area contributed by atoms with Crippen molar-refractivity contribution in [3.8, 4) is 0 Å². The summed E-state index contributed by atoms with van der Waals surface area (Å²) in [4.78, 5) is 25.4. The second-order valence-electron chi connectivity index (χ2n) is 5.34. The molecule has 1 fully saturated rings. The molecule has 104 valence electrons. The monoisotopic (exact) mass is 281 g/mol. The van der Waals surface area contributed by atoms with Crippen molar-refractivity contribution in [2.75, 3.05) is 0 Å². The largest absolute Gasteiger partial charge is 0.481 e. The Hall–Kier alpha value is -1.36. The van der Waals surface area contributed by atoms with E-state index in [1.807, 2.05) is 19.9 Å². The third kappa shape index (κ3) is 3.15. The van der Waals surface area contributed by atoms with Crippen molar-refractivity contribution in [1.82, 2.24) is 5.32 Å². The van der Waals surface area contributed by atoms with Crippen molar-refractivity contribution in [1.29, 1.82) is 0 Å². The second-order valence-corrected chi connectivity index (χ2v) is 6.80. The highest BCUT2D eigenvalue weighted by molar-refractivity contribution is 7.12. The van der Waals surface area contributed by atoms with Gasteiger partial charge in [-0.1, -0.05) is 12.8 Å². The van der Waals surface area contributed by atoms with Gasteiger partial charge in [-0.15, -0.1) is 11.3 Å². The molecule has 0 radical (unpaired) electrons. The summed E-state index contributed by atoms with van der Waals surface area (Å²) in [6.45, 7) is 3.89. The summed E-state index contributed by atoms with van der Waals surface area (Å²) in [5.74, 6) is -0.981. The van der Waals surface area contributed by atoms with Crippen LogP contribution >= 0.6 is 11.3 Å². The molecule has 1 saturated carbocycles. The van der Waals surface area contributed by atoms with Crippen LogP contribution in [0.2, 0.25) is 0 Å². The molecule has 1 aliphatic rings. The highest BCUT2D eigenvalue weighted by atomic mass is 32.1. The number of amides is 1. The molecule has 1 aliphatic carbocycles. The van der Waals surface area contributed by atoms with E-state index in [9.17, 15) is 9.59 Å². The minimum Gasteiger partial charge on any atom is -0.481 e. The van der Waals surface area contributed by atoms with Crippen molar-refractivity contribution in [2.24, 2.45) is 0 Å². The van der Waals surface area contributed by atoms with Crippen LogP contribution in [0.5, 0.6) is 0 Å². The van der Waals surface area contributed by atoms with Crippen LogP contribution in [-0.2, 0) is 4.79 Å². The van der Waals surface area contributed by atoms with E-state index >= 15 is 0 Å². The van der Waals surface area contributed by atoms with E-state index in [1.54, 1.807) is 11.3 Å².